The molecule has 1 N–H and O–H groups in total. The van der Waals surface area contributed by atoms with E-state index in [1.165, 1.54) is 13.2 Å². The number of carbonyl (C=O) groups excluding carboxylic acids is 1. The number of aliphatic carboxylic acids is 1. The van der Waals surface area contributed by atoms with Crippen molar-refractivity contribution in [1.82, 2.24) is 0 Å². The first-order valence-electron chi connectivity index (χ1n) is 6.33. The standard InChI is InChI=1S/C11H15N3O7/c1-21-8-2-3-10(13(17)18)5-11(8,14(19)20)7-12(6-10)4-9(15)16/h2H,3-7H2,1H3,(H,15,16)/t10-,11+/m0/s1. The van der Waals surface area contributed by atoms with Gasteiger partial charge in [-0.2, -0.15) is 0 Å². The Labute approximate surface area is 119 Å². The third-order valence-corrected chi connectivity index (χ3v) is 4.22. The van der Waals surface area contributed by atoms with Crippen LogP contribution in [0.3, 0.4) is 0 Å². The van der Waals surface area contributed by atoms with Gasteiger partial charge in [-0.25, -0.2) is 0 Å². The van der Waals surface area contributed by atoms with Crippen LogP contribution in [-0.4, -0.2) is 53.6 Å². The first-order valence-corrected chi connectivity index (χ1v) is 6.33. The van der Waals surface area contributed by atoms with Crippen molar-refractivity contribution in [2.75, 3.05) is 26.7 Å². The fourth-order valence-corrected chi connectivity index (χ4v) is 3.43. The molecular weight excluding hydrogens is 286 g/mol. The van der Waals surface area contributed by atoms with E-state index in [2.05, 4.69) is 0 Å². The molecule has 0 aromatic rings. The zero-order valence-corrected chi connectivity index (χ0v) is 11.4. The van der Waals surface area contributed by atoms with Gasteiger partial charge in [0.25, 0.3) is 5.54 Å². The molecule has 0 aromatic carbocycles. The number of piperidine rings is 1. The largest absolute Gasteiger partial charge is 0.544 e. The lowest BCUT2D eigenvalue weighted by atomic mass is 9.71. The molecule has 1 aliphatic carbocycles. The number of fused-ring (bicyclic) bond motifs is 2. The van der Waals surface area contributed by atoms with E-state index < -0.39 is 33.4 Å². The van der Waals surface area contributed by atoms with Crippen LogP contribution in [0, 0.1) is 20.2 Å². The summed E-state index contributed by atoms with van der Waals surface area (Å²) >= 11 is 0. The highest BCUT2D eigenvalue weighted by molar-refractivity contribution is 5.65. The van der Waals surface area contributed by atoms with E-state index in [4.69, 9.17) is 4.74 Å². The van der Waals surface area contributed by atoms with Gasteiger partial charge in [0.15, 0.2) is 12.3 Å². The Kier molecular flexibility index (Phi) is 3.58. The van der Waals surface area contributed by atoms with E-state index >= 15 is 0 Å². The number of nitrogens with zero attached hydrogens (tertiary/aromatic N) is 2. The van der Waals surface area contributed by atoms with Gasteiger partial charge in [0.05, 0.1) is 13.1 Å². The monoisotopic (exact) mass is 301 g/mol. The van der Waals surface area contributed by atoms with Gasteiger partial charge >= 0.3 is 5.54 Å². The smallest absolute Gasteiger partial charge is 0.331 e. The van der Waals surface area contributed by atoms with Crippen molar-refractivity contribution in [2.24, 2.45) is 0 Å². The molecule has 2 bridgehead atoms. The first kappa shape index (κ1) is 15.2. The summed E-state index contributed by atoms with van der Waals surface area (Å²) in [7, 11) is 1.27. The summed E-state index contributed by atoms with van der Waals surface area (Å²) in [6, 6.07) is 0. The molecule has 1 saturated heterocycles. The lowest BCUT2D eigenvalue weighted by Crippen LogP contribution is -3.19. The van der Waals surface area contributed by atoms with Crippen molar-refractivity contribution in [3.8, 4) is 0 Å². The van der Waals surface area contributed by atoms with Gasteiger partial charge in [-0.05, 0) is 6.08 Å². The Morgan fingerprint density at radius 1 is 1.38 bits per heavy atom. The number of rotatable bonds is 5. The number of carbonyl (C=O) groups is 1. The average molecular weight is 301 g/mol. The third-order valence-electron chi connectivity index (χ3n) is 4.22. The van der Waals surface area contributed by atoms with Gasteiger partial charge in [-0.15, -0.1) is 0 Å². The van der Waals surface area contributed by atoms with Crippen LogP contribution in [0.4, 0.5) is 0 Å². The minimum Gasteiger partial charge on any atom is -0.544 e. The van der Waals surface area contributed by atoms with Crippen molar-refractivity contribution < 1.29 is 29.4 Å². The first-order chi connectivity index (χ1) is 9.75. The van der Waals surface area contributed by atoms with Gasteiger partial charge in [-0.1, -0.05) is 0 Å². The molecular formula is C11H15N3O7. The van der Waals surface area contributed by atoms with Gasteiger partial charge in [0.1, 0.15) is 19.5 Å². The Morgan fingerprint density at radius 2 is 2.05 bits per heavy atom. The molecule has 0 spiro atoms. The van der Waals surface area contributed by atoms with Crippen molar-refractivity contribution in [1.29, 1.82) is 0 Å². The topological polar surface area (TPSA) is 140 Å². The highest BCUT2D eigenvalue weighted by atomic mass is 16.6. The van der Waals surface area contributed by atoms with Gasteiger partial charge in [0.2, 0.25) is 0 Å². The average Bonchev–Trinajstić information content (AvgIpc) is 2.37. The van der Waals surface area contributed by atoms with Crippen molar-refractivity contribution >= 4 is 5.97 Å². The summed E-state index contributed by atoms with van der Waals surface area (Å²) < 4.78 is 5.04. The maximum absolute atomic E-state index is 11.5. The minimum absolute atomic E-state index is 0.0185. The molecule has 0 amide bonds. The highest BCUT2D eigenvalue weighted by Gasteiger charge is 2.69. The third kappa shape index (κ3) is 2.31. The van der Waals surface area contributed by atoms with Gasteiger partial charge in [-0.3, -0.25) is 20.2 Å². The second kappa shape index (κ2) is 4.95. The number of hydrogen-bond donors (Lipinski definition) is 1. The molecule has 0 radical (unpaired) electrons. The normalized spacial score (nSPS) is 34.7. The van der Waals surface area contributed by atoms with E-state index in [0.29, 0.717) is 0 Å². The fraction of sp³-hybridized carbons (Fsp3) is 0.727. The lowest BCUT2D eigenvalue weighted by molar-refractivity contribution is -0.939. The zero-order chi connectivity index (χ0) is 15.8. The second-order valence-electron chi connectivity index (χ2n) is 5.58. The second-order valence-corrected chi connectivity index (χ2v) is 5.58. The van der Waals surface area contributed by atoms with Crippen LogP contribution in [0.2, 0.25) is 0 Å². The summed E-state index contributed by atoms with van der Waals surface area (Å²) in [5, 5.41) is 33.7. The number of quaternary nitrogens is 1. The van der Waals surface area contributed by atoms with E-state index in [1.807, 2.05) is 0 Å². The van der Waals surface area contributed by atoms with Crippen molar-refractivity contribution in [3.05, 3.63) is 32.1 Å². The number of nitro groups is 2. The maximum atomic E-state index is 11.5. The summed E-state index contributed by atoms with van der Waals surface area (Å²) in [6.45, 7) is -0.775. The zero-order valence-electron chi connectivity index (χ0n) is 11.4. The molecule has 1 heterocycles. The summed E-state index contributed by atoms with van der Waals surface area (Å²) in [5.41, 5.74) is -3.30. The lowest BCUT2D eigenvalue weighted by Gasteiger charge is -2.43. The van der Waals surface area contributed by atoms with Crippen LogP contribution >= 0.6 is 0 Å². The van der Waals surface area contributed by atoms with E-state index in [9.17, 15) is 30.1 Å². The maximum Gasteiger partial charge on any atom is 0.331 e. The number of carboxylic acids is 1. The Hall–Kier alpha value is -2.23. The number of likely N-dealkylation sites (tertiary alicyclic amines) is 1. The van der Waals surface area contributed by atoms with Crippen molar-refractivity contribution in [2.45, 2.75) is 23.9 Å². The predicted octanol–water partition coefficient (Wildman–Crippen LogP) is -3.01. The molecule has 0 saturated carbocycles. The number of nitrogens with one attached hydrogen (secondary N) is 1. The van der Waals surface area contributed by atoms with Crippen LogP contribution in [0.5, 0.6) is 0 Å². The van der Waals surface area contributed by atoms with Crippen LogP contribution in [-0.2, 0) is 9.53 Å². The molecule has 1 aliphatic heterocycles. The van der Waals surface area contributed by atoms with Crippen LogP contribution in [0.25, 0.3) is 0 Å². The summed E-state index contributed by atoms with van der Waals surface area (Å²) in [6.07, 6.45) is 1.07. The van der Waals surface area contributed by atoms with E-state index in [0.717, 1.165) is 0 Å². The molecule has 0 aromatic heterocycles. The Morgan fingerprint density at radius 3 is 2.52 bits per heavy atom. The molecule has 1 fully saturated rings. The molecule has 21 heavy (non-hydrogen) atoms. The van der Waals surface area contributed by atoms with Crippen LogP contribution in [0.1, 0.15) is 12.8 Å². The van der Waals surface area contributed by atoms with Gasteiger partial charge < -0.3 is 19.5 Å². The molecule has 2 rings (SSSR count). The molecule has 2 aliphatic rings. The Bertz CT molecular complexity index is 534. The van der Waals surface area contributed by atoms with Crippen LogP contribution < -0.4 is 10.0 Å². The minimum atomic E-state index is -1.76. The fourth-order valence-electron chi connectivity index (χ4n) is 3.43. The van der Waals surface area contributed by atoms with Crippen LogP contribution in [0.15, 0.2) is 11.8 Å². The number of ether oxygens (including phenoxy) is 1. The Balaban J connectivity index is 2.49. The summed E-state index contributed by atoms with van der Waals surface area (Å²) in [5.74, 6) is -1.34. The van der Waals surface area contributed by atoms with E-state index in [1.54, 1.807) is 0 Å². The number of methoxy groups -OCH3 is 1. The predicted molar refractivity (Wildman–Crippen MR) is 64.3 cm³/mol. The van der Waals surface area contributed by atoms with Crippen molar-refractivity contribution in [3.63, 3.8) is 0 Å². The number of hydrogen-bond acceptors (Lipinski definition) is 7. The number of carboxylic acid groups (broad SMARTS) is 1. The molecule has 3 atom stereocenters. The molecule has 116 valence electrons. The highest BCUT2D eigenvalue weighted by Crippen LogP contribution is 2.40. The van der Waals surface area contributed by atoms with E-state index in [-0.39, 0.29) is 36.6 Å². The van der Waals surface area contributed by atoms with Gasteiger partial charge in [0, 0.05) is 16.3 Å². The summed E-state index contributed by atoms with van der Waals surface area (Å²) in [4.78, 5) is 32.8. The molecule has 10 nitrogen and oxygen atoms in total. The molecule has 1 unspecified atom stereocenters. The quantitative estimate of drug-likeness (QED) is 0.421. The molecule has 10 heteroatoms. The SMILES string of the molecule is COC1=CC[C@@]2([N+](=O)[O-])C[NH+](CC(=O)[O-])C[C@]1([N+](=O)[O-])C2.